The van der Waals surface area contributed by atoms with Gasteiger partial charge in [-0.2, -0.15) is 22.9 Å². The number of nitro benzene ring substituents is 1. The highest BCUT2D eigenvalue weighted by Gasteiger charge is 2.31. The molecule has 0 atom stereocenters. The summed E-state index contributed by atoms with van der Waals surface area (Å²) in [5, 5.41) is 17.1. The van der Waals surface area contributed by atoms with Gasteiger partial charge >= 0.3 is 11.9 Å². The van der Waals surface area contributed by atoms with Gasteiger partial charge in [0, 0.05) is 32.8 Å². The molecule has 0 fully saturated rings. The van der Waals surface area contributed by atoms with Crippen LogP contribution in [-0.2, 0) is 12.8 Å². The summed E-state index contributed by atoms with van der Waals surface area (Å²) in [6, 6.07) is 17.8. The molecule has 0 radical (unpaired) electrons. The summed E-state index contributed by atoms with van der Waals surface area (Å²) >= 11 is 12.1. The lowest BCUT2D eigenvalue weighted by Gasteiger charge is -2.13. The van der Waals surface area contributed by atoms with E-state index in [9.17, 15) is 28.1 Å². The number of para-hydroxylation sites is 1. The summed E-state index contributed by atoms with van der Waals surface area (Å²) in [6.07, 6.45) is -3.51. The minimum absolute atomic E-state index is 0.0204. The summed E-state index contributed by atoms with van der Waals surface area (Å²) in [4.78, 5) is 29.2. The van der Waals surface area contributed by atoms with Crippen LogP contribution in [0.2, 0.25) is 10.0 Å². The quantitative estimate of drug-likeness (QED) is 0.0972. The van der Waals surface area contributed by atoms with Crippen molar-refractivity contribution < 1.29 is 27.6 Å². The molecule has 1 heterocycles. The summed E-state index contributed by atoms with van der Waals surface area (Å²) in [6.45, 7) is -0.140. The van der Waals surface area contributed by atoms with Crippen molar-refractivity contribution in [1.82, 2.24) is 9.66 Å². The second kappa shape index (κ2) is 12.3. The molecule has 1 aromatic heterocycles. The number of hydrogen-bond donors (Lipinski definition) is 0. The van der Waals surface area contributed by atoms with Crippen LogP contribution in [-0.4, -0.2) is 27.9 Å². The second-order valence-electron chi connectivity index (χ2n) is 9.25. The highest BCUT2D eigenvalue weighted by molar-refractivity contribution is 6.35. The maximum absolute atomic E-state index is 13.5. The van der Waals surface area contributed by atoms with E-state index in [-0.39, 0.29) is 46.0 Å². The standard InChI is InChI=1S/C30H19Cl2F3N4O5/c1-43-26-12-17(11-25(39(41)42)27(26)44-16-19-9-10-21(31)14-23(19)32)15-36-38-28(18-5-4-6-20(13-18)30(33,34)35)37-24-8-3-2-7-22(24)29(38)40/h2-15H,16H2,1H3. The molecule has 0 spiro atoms. The molecule has 0 bridgehead atoms. The van der Waals surface area contributed by atoms with Crippen LogP contribution in [0.3, 0.4) is 0 Å². The van der Waals surface area contributed by atoms with Gasteiger partial charge in [-0.25, -0.2) is 4.98 Å². The fraction of sp³-hybridized carbons (Fsp3) is 0.100. The van der Waals surface area contributed by atoms with Crippen molar-refractivity contribution in [3.8, 4) is 22.9 Å². The van der Waals surface area contributed by atoms with E-state index in [2.05, 4.69) is 10.1 Å². The van der Waals surface area contributed by atoms with E-state index in [1.54, 1.807) is 30.3 Å². The van der Waals surface area contributed by atoms with E-state index in [4.69, 9.17) is 32.7 Å². The Morgan fingerprint density at radius 1 is 1.05 bits per heavy atom. The van der Waals surface area contributed by atoms with Crippen molar-refractivity contribution >= 4 is 46.0 Å². The number of methoxy groups -OCH3 is 1. The van der Waals surface area contributed by atoms with Crippen molar-refractivity contribution in [1.29, 1.82) is 0 Å². The van der Waals surface area contributed by atoms with Gasteiger partial charge in [0.25, 0.3) is 5.56 Å². The van der Waals surface area contributed by atoms with Gasteiger partial charge in [0.15, 0.2) is 11.6 Å². The molecule has 0 N–H and O–H groups in total. The number of aromatic nitrogens is 2. The molecule has 14 heteroatoms. The predicted molar refractivity (Wildman–Crippen MR) is 160 cm³/mol. The maximum atomic E-state index is 13.5. The summed E-state index contributed by atoms with van der Waals surface area (Å²) in [5.41, 5.74) is -1.21. The van der Waals surface area contributed by atoms with Gasteiger partial charge < -0.3 is 9.47 Å². The number of rotatable bonds is 8. The number of alkyl halides is 3. The number of hydrogen-bond acceptors (Lipinski definition) is 7. The second-order valence-corrected chi connectivity index (χ2v) is 10.1. The van der Waals surface area contributed by atoms with E-state index in [1.807, 2.05) is 0 Å². The van der Waals surface area contributed by atoms with Crippen LogP contribution in [0.4, 0.5) is 18.9 Å². The topological polar surface area (TPSA) is 109 Å². The molecule has 5 aromatic rings. The SMILES string of the molecule is COc1cc(C=Nn2c(-c3cccc(C(F)(F)F)c3)nc3ccccc3c2=O)cc([N+](=O)[O-])c1OCc1ccc(Cl)cc1Cl. The molecule has 224 valence electrons. The molecule has 5 rings (SSSR count). The van der Waals surface area contributed by atoms with Gasteiger partial charge in [-0.3, -0.25) is 14.9 Å². The van der Waals surface area contributed by atoms with Gasteiger partial charge in [-0.1, -0.05) is 53.5 Å². The zero-order valence-electron chi connectivity index (χ0n) is 22.5. The molecule has 0 saturated heterocycles. The number of fused-ring (bicyclic) bond motifs is 1. The smallest absolute Gasteiger partial charge is 0.416 e. The number of benzene rings is 4. The monoisotopic (exact) mass is 642 g/mol. The highest BCUT2D eigenvalue weighted by atomic mass is 35.5. The van der Waals surface area contributed by atoms with Gasteiger partial charge in [-0.05, 0) is 42.5 Å². The number of halogens is 5. The molecule has 0 unspecified atom stereocenters. The third kappa shape index (κ3) is 6.36. The largest absolute Gasteiger partial charge is 0.493 e. The molecular weight excluding hydrogens is 624 g/mol. The molecule has 0 amide bonds. The first-order valence-electron chi connectivity index (χ1n) is 12.6. The van der Waals surface area contributed by atoms with Crippen LogP contribution < -0.4 is 15.0 Å². The minimum atomic E-state index is -4.64. The molecule has 0 saturated carbocycles. The average molecular weight is 643 g/mol. The fourth-order valence-electron chi connectivity index (χ4n) is 4.28. The van der Waals surface area contributed by atoms with E-state index in [1.165, 1.54) is 37.4 Å². The summed E-state index contributed by atoms with van der Waals surface area (Å²) < 4.78 is 52.3. The Balaban J connectivity index is 1.59. The van der Waals surface area contributed by atoms with Crippen LogP contribution in [0.1, 0.15) is 16.7 Å². The Morgan fingerprint density at radius 3 is 2.52 bits per heavy atom. The minimum Gasteiger partial charge on any atom is -0.493 e. The Bertz CT molecular complexity index is 2000. The Labute approximate surface area is 256 Å². The lowest BCUT2D eigenvalue weighted by Crippen LogP contribution is -2.20. The van der Waals surface area contributed by atoms with Crippen molar-refractivity contribution in [3.05, 3.63) is 126 Å². The fourth-order valence-corrected chi connectivity index (χ4v) is 4.74. The first-order valence-corrected chi connectivity index (χ1v) is 13.4. The van der Waals surface area contributed by atoms with Crippen LogP contribution >= 0.6 is 23.2 Å². The average Bonchev–Trinajstić information content (AvgIpc) is 2.99. The first-order chi connectivity index (χ1) is 21.0. The predicted octanol–water partition coefficient (Wildman–Crippen LogP) is 7.77. The highest BCUT2D eigenvalue weighted by Crippen LogP contribution is 2.39. The van der Waals surface area contributed by atoms with Crippen molar-refractivity contribution in [2.24, 2.45) is 5.10 Å². The number of ether oxygens (including phenoxy) is 2. The van der Waals surface area contributed by atoms with Crippen LogP contribution in [0.15, 0.2) is 88.8 Å². The van der Waals surface area contributed by atoms with Crippen LogP contribution in [0.5, 0.6) is 11.5 Å². The third-order valence-corrected chi connectivity index (χ3v) is 6.97. The van der Waals surface area contributed by atoms with Crippen molar-refractivity contribution in [2.45, 2.75) is 12.8 Å². The summed E-state index contributed by atoms with van der Waals surface area (Å²) in [5.74, 6) is -0.375. The molecule has 0 aliphatic rings. The Morgan fingerprint density at radius 2 is 1.82 bits per heavy atom. The van der Waals surface area contributed by atoms with Gasteiger partial charge in [0.05, 0.1) is 34.7 Å². The normalized spacial score (nSPS) is 11.7. The zero-order chi connectivity index (χ0) is 31.6. The molecule has 44 heavy (non-hydrogen) atoms. The van der Waals surface area contributed by atoms with Crippen molar-refractivity contribution in [3.63, 3.8) is 0 Å². The molecule has 0 aliphatic heterocycles. The van der Waals surface area contributed by atoms with Gasteiger partial charge in [0.1, 0.15) is 6.61 Å². The zero-order valence-corrected chi connectivity index (χ0v) is 24.0. The molecular formula is C30H19Cl2F3N4O5. The lowest BCUT2D eigenvalue weighted by atomic mass is 10.1. The molecule has 4 aromatic carbocycles. The first kappa shape index (κ1) is 30.5. The van der Waals surface area contributed by atoms with E-state index in [0.717, 1.165) is 29.1 Å². The van der Waals surface area contributed by atoms with E-state index >= 15 is 0 Å². The maximum Gasteiger partial charge on any atom is 0.416 e. The summed E-state index contributed by atoms with van der Waals surface area (Å²) in [7, 11) is 1.28. The number of nitrogens with zero attached hydrogens (tertiary/aromatic N) is 4. The van der Waals surface area contributed by atoms with Crippen LogP contribution in [0, 0.1) is 10.1 Å². The Kier molecular flexibility index (Phi) is 8.56. The van der Waals surface area contributed by atoms with Gasteiger partial charge in [0.2, 0.25) is 5.75 Å². The third-order valence-electron chi connectivity index (χ3n) is 6.39. The van der Waals surface area contributed by atoms with E-state index < -0.39 is 27.9 Å². The van der Waals surface area contributed by atoms with Crippen molar-refractivity contribution in [2.75, 3.05) is 7.11 Å². The lowest BCUT2D eigenvalue weighted by molar-refractivity contribution is -0.386. The number of nitro groups is 1. The van der Waals surface area contributed by atoms with Gasteiger partial charge in [-0.15, -0.1) is 0 Å². The molecule has 0 aliphatic carbocycles. The molecule has 9 nitrogen and oxygen atoms in total. The van der Waals surface area contributed by atoms with Crippen LogP contribution in [0.25, 0.3) is 22.3 Å². The van der Waals surface area contributed by atoms with E-state index in [0.29, 0.717) is 15.6 Å². The Hall–Kier alpha value is -4.94.